The highest BCUT2D eigenvalue weighted by Crippen LogP contribution is 2.30. The Morgan fingerprint density at radius 1 is 1.29 bits per heavy atom. The molecule has 0 aromatic heterocycles. The second-order valence-electron chi connectivity index (χ2n) is 8.14. The zero-order valence-corrected chi connectivity index (χ0v) is 18.9. The van der Waals surface area contributed by atoms with Crippen LogP contribution in [0.2, 0.25) is 0 Å². The minimum atomic E-state index is -3.16. The van der Waals surface area contributed by atoms with Crippen LogP contribution < -0.4 is 10.1 Å². The van der Waals surface area contributed by atoms with Gasteiger partial charge in [-0.05, 0) is 75.4 Å². The fourth-order valence-electron chi connectivity index (χ4n) is 4.65. The van der Waals surface area contributed by atoms with E-state index in [2.05, 4.69) is 42.3 Å². The first-order valence-electron chi connectivity index (χ1n) is 10.3. The molecule has 3 rings (SSSR count). The number of rotatable bonds is 8. The molecule has 0 saturated carbocycles. The zero-order chi connectivity index (χ0) is 19.4. The maximum atomic E-state index is 12.8. The summed E-state index contributed by atoms with van der Waals surface area (Å²) in [5, 5.41) is 2.97. The third-order valence-corrected chi connectivity index (χ3v) is 7.43. The van der Waals surface area contributed by atoms with Crippen molar-refractivity contribution in [3.63, 3.8) is 0 Å². The molecular weight excluding hydrogens is 396 g/mol. The van der Waals surface area contributed by atoms with Gasteiger partial charge < -0.3 is 10.1 Å². The van der Waals surface area contributed by atoms with Gasteiger partial charge in [-0.1, -0.05) is 19.1 Å². The standard InChI is InChI=1S/C21H34N2O3S.ClH/c1-4-12-23(21(27(3,24)25)19-7-10-22-11-8-19)16(2)14-17-5-6-18-9-13-26-20(18)15-17;/h5-6,15-16,19,21-22H,4,7-14H2,1-3H3;1H. The number of nitrogens with zero attached hydrogens (tertiary/aromatic N) is 1. The third-order valence-electron chi connectivity index (χ3n) is 5.89. The minimum Gasteiger partial charge on any atom is -0.493 e. The molecule has 28 heavy (non-hydrogen) atoms. The highest BCUT2D eigenvalue weighted by Gasteiger charge is 2.37. The Bertz CT molecular complexity index is 735. The molecule has 1 aromatic carbocycles. The monoisotopic (exact) mass is 430 g/mol. The van der Waals surface area contributed by atoms with Crippen molar-refractivity contribution in [2.24, 2.45) is 5.92 Å². The van der Waals surface area contributed by atoms with Crippen molar-refractivity contribution in [2.45, 2.75) is 57.4 Å². The molecule has 2 aliphatic heterocycles. The highest BCUT2D eigenvalue weighted by atomic mass is 35.5. The van der Waals surface area contributed by atoms with Gasteiger partial charge in [-0.25, -0.2) is 8.42 Å². The lowest BCUT2D eigenvalue weighted by molar-refractivity contribution is 0.131. The molecule has 0 spiro atoms. The number of ether oxygens (including phenoxy) is 1. The SMILES string of the molecule is CCCN(C(C)Cc1ccc2c(c1)OCC2)C(C1CCNCC1)S(C)(=O)=O.Cl. The number of sulfone groups is 1. The fraction of sp³-hybridized carbons (Fsp3) is 0.714. The Labute approximate surface area is 176 Å². The highest BCUT2D eigenvalue weighted by molar-refractivity contribution is 7.91. The van der Waals surface area contributed by atoms with Crippen molar-refractivity contribution >= 4 is 22.2 Å². The summed E-state index contributed by atoms with van der Waals surface area (Å²) in [6.45, 7) is 7.69. The summed E-state index contributed by atoms with van der Waals surface area (Å²) in [5.74, 6) is 1.21. The third kappa shape index (κ3) is 5.62. The topological polar surface area (TPSA) is 58.6 Å². The summed E-state index contributed by atoms with van der Waals surface area (Å²) in [6, 6.07) is 6.64. The second-order valence-corrected chi connectivity index (χ2v) is 10.3. The van der Waals surface area contributed by atoms with Crippen molar-refractivity contribution in [2.75, 3.05) is 32.5 Å². The van der Waals surface area contributed by atoms with Crippen LogP contribution in [0.15, 0.2) is 18.2 Å². The molecule has 160 valence electrons. The van der Waals surface area contributed by atoms with Crippen LogP contribution in [0.4, 0.5) is 0 Å². The maximum absolute atomic E-state index is 12.8. The first-order valence-corrected chi connectivity index (χ1v) is 12.3. The van der Waals surface area contributed by atoms with Gasteiger partial charge in [-0.2, -0.15) is 0 Å². The quantitative estimate of drug-likeness (QED) is 0.686. The Balaban J connectivity index is 0.00000280. The van der Waals surface area contributed by atoms with E-state index < -0.39 is 9.84 Å². The molecule has 1 saturated heterocycles. The largest absolute Gasteiger partial charge is 0.493 e. The summed E-state index contributed by atoms with van der Waals surface area (Å²) < 4.78 is 31.3. The first kappa shape index (κ1) is 23.5. The van der Waals surface area contributed by atoms with Crippen LogP contribution in [0.5, 0.6) is 5.75 Å². The van der Waals surface area contributed by atoms with Gasteiger partial charge in [0.2, 0.25) is 0 Å². The number of piperidine rings is 1. The summed E-state index contributed by atoms with van der Waals surface area (Å²) >= 11 is 0. The lowest BCUT2D eigenvalue weighted by atomic mass is 9.95. The van der Waals surface area contributed by atoms with Crippen molar-refractivity contribution in [3.05, 3.63) is 29.3 Å². The van der Waals surface area contributed by atoms with Gasteiger partial charge in [0.25, 0.3) is 0 Å². The van der Waals surface area contributed by atoms with Gasteiger partial charge in [-0.15, -0.1) is 12.4 Å². The predicted molar refractivity (Wildman–Crippen MR) is 117 cm³/mol. The van der Waals surface area contributed by atoms with Crippen LogP contribution >= 0.6 is 12.4 Å². The summed E-state index contributed by atoms with van der Waals surface area (Å²) in [7, 11) is -3.16. The number of hydrogen-bond donors (Lipinski definition) is 1. The van der Waals surface area contributed by atoms with E-state index in [1.807, 2.05) is 0 Å². The fourth-order valence-corrected chi connectivity index (χ4v) is 6.42. The summed E-state index contributed by atoms with van der Waals surface area (Å²) in [5.41, 5.74) is 2.50. The van der Waals surface area contributed by atoms with E-state index >= 15 is 0 Å². The molecule has 7 heteroatoms. The van der Waals surface area contributed by atoms with Gasteiger partial charge in [0.1, 0.15) is 11.1 Å². The van der Waals surface area contributed by atoms with E-state index in [-0.39, 0.29) is 29.7 Å². The average Bonchev–Trinajstić information content (AvgIpc) is 3.09. The van der Waals surface area contributed by atoms with Gasteiger partial charge >= 0.3 is 0 Å². The minimum absolute atomic E-state index is 0. The lowest BCUT2D eigenvalue weighted by Crippen LogP contribution is -2.52. The van der Waals surface area contributed by atoms with E-state index in [4.69, 9.17) is 4.74 Å². The summed E-state index contributed by atoms with van der Waals surface area (Å²) in [6.07, 6.45) is 6.05. The Hall–Kier alpha value is -0.820. The summed E-state index contributed by atoms with van der Waals surface area (Å²) in [4.78, 5) is 2.25. The van der Waals surface area contributed by atoms with Crippen LogP contribution in [-0.2, 0) is 22.7 Å². The van der Waals surface area contributed by atoms with Gasteiger partial charge in [0, 0.05) is 18.7 Å². The van der Waals surface area contributed by atoms with Gasteiger partial charge in [-0.3, -0.25) is 4.90 Å². The van der Waals surface area contributed by atoms with Crippen LogP contribution in [0, 0.1) is 5.92 Å². The number of benzene rings is 1. The predicted octanol–water partition coefficient (Wildman–Crippen LogP) is 3.06. The molecule has 2 heterocycles. The molecule has 1 fully saturated rings. The Morgan fingerprint density at radius 2 is 2.00 bits per heavy atom. The molecule has 0 bridgehead atoms. The van der Waals surface area contributed by atoms with E-state index in [1.54, 1.807) is 0 Å². The van der Waals surface area contributed by atoms with Crippen molar-refractivity contribution < 1.29 is 13.2 Å². The Kier molecular flexibility index (Phi) is 8.61. The molecule has 1 N–H and O–H groups in total. The van der Waals surface area contributed by atoms with Crippen molar-refractivity contribution in [1.82, 2.24) is 10.2 Å². The van der Waals surface area contributed by atoms with E-state index in [1.165, 1.54) is 17.4 Å². The second kappa shape index (κ2) is 10.3. The van der Waals surface area contributed by atoms with Crippen LogP contribution in [0.3, 0.4) is 0 Å². The number of nitrogens with one attached hydrogen (secondary N) is 1. The molecular formula is C21H35ClN2O3S. The lowest BCUT2D eigenvalue weighted by Gasteiger charge is -2.41. The molecule has 2 unspecified atom stereocenters. The molecule has 0 aliphatic carbocycles. The van der Waals surface area contributed by atoms with E-state index in [9.17, 15) is 8.42 Å². The van der Waals surface area contributed by atoms with Crippen LogP contribution in [0.25, 0.3) is 0 Å². The molecule has 2 atom stereocenters. The first-order chi connectivity index (χ1) is 12.9. The van der Waals surface area contributed by atoms with Gasteiger partial charge in [0.15, 0.2) is 9.84 Å². The Morgan fingerprint density at radius 3 is 2.64 bits per heavy atom. The molecule has 5 nitrogen and oxygen atoms in total. The normalized spacial score (nSPS) is 19.6. The van der Waals surface area contributed by atoms with E-state index in [0.29, 0.717) is 0 Å². The molecule has 2 aliphatic rings. The molecule has 1 aromatic rings. The molecule has 0 amide bonds. The maximum Gasteiger partial charge on any atom is 0.163 e. The number of halogens is 1. The smallest absolute Gasteiger partial charge is 0.163 e. The van der Waals surface area contributed by atoms with Crippen LogP contribution in [0.1, 0.15) is 44.2 Å². The van der Waals surface area contributed by atoms with Crippen molar-refractivity contribution in [1.29, 1.82) is 0 Å². The van der Waals surface area contributed by atoms with Crippen LogP contribution in [-0.4, -0.2) is 57.2 Å². The molecule has 0 radical (unpaired) electrons. The van der Waals surface area contributed by atoms with Crippen molar-refractivity contribution in [3.8, 4) is 5.75 Å². The van der Waals surface area contributed by atoms with E-state index in [0.717, 1.165) is 64.1 Å². The average molecular weight is 431 g/mol. The number of hydrogen-bond acceptors (Lipinski definition) is 5. The zero-order valence-electron chi connectivity index (χ0n) is 17.3. The van der Waals surface area contributed by atoms with Gasteiger partial charge in [0.05, 0.1) is 6.61 Å². The number of fused-ring (bicyclic) bond motifs is 1.